The molecule has 352 valence electrons. The summed E-state index contributed by atoms with van der Waals surface area (Å²) in [6.07, 6.45) is 8.57. The molecule has 2 atom stereocenters. The first-order valence-electron chi connectivity index (χ1n) is 23.1. The SMILES string of the molecule is O=C(CCCc1ccc(O)c(O)c1)CCC12CC3(CCC(=O)NCCc4ccc(O)c(O)c4)CC(CCC(=O)NCCc4ccc(O)c(O)c4)(C1)CC(NC(=O)OCc1ccccc1)(C2)C3. The number of alkyl carbamates (subject to hydrolysis) is 1. The Kier molecular flexibility index (Phi) is 14.7. The Labute approximate surface area is 385 Å². The molecule has 4 aliphatic rings. The number of phenolic OH excluding ortho intramolecular Hbond substituents is 6. The van der Waals surface area contributed by atoms with E-state index >= 15 is 0 Å². The highest BCUT2D eigenvalue weighted by molar-refractivity contribution is 5.78. The quantitative estimate of drug-likeness (QED) is 0.0344. The number of benzene rings is 4. The Balaban J connectivity index is 1.08. The van der Waals surface area contributed by atoms with Crippen LogP contribution in [0.1, 0.15) is 112 Å². The van der Waals surface area contributed by atoms with Crippen molar-refractivity contribution < 1.29 is 54.6 Å². The Bertz CT molecular complexity index is 2160. The molecule has 4 aromatic rings. The monoisotopic (exact) mass is 905 g/mol. The van der Waals surface area contributed by atoms with Crippen LogP contribution in [-0.2, 0) is 45.0 Å². The number of aromatic hydroxyl groups is 6. The molecule has 14 nitrogen and oxygen atoms in total. The molecule has 9 N–H and O–H groups in total. The van der Waals surface area contributed by atoms with Crippen molar-refractivity contribution in [2.75, 3.05) is 13.1 Å². The number of carbonyl (C=O) groups is 4. The summed E-state index contributed by atoms with van der Waals surface area (Å²) in [6.45, 7) is 0.764. The van der Waals surface area contributed by atoms with Crippen LogP contribution in [0.25, 0.3) is 0 Å². The molecule has 66 heavy (non-hydrogen) atoms. The normalized spacial score (nSPS) is 22.7. The third-order valence-corrected chi connectivity index (χ3v) is 14.2. The van der Waals surface area contributed by atoms with Crippen LogP contribution in [-0.4, -0.2) is 73.0 Å². The lowest BCUT2D eigenvalue weighted by molar-refractivity contribution is -0.186. The minimum atomic E-state index is -0.707. The number of aryl methyl sites for hydroxylation is 1. The van der Waals surface area contributed by atoms with Gasteiger partial charge in [-0.05, 0) is 158 Å². The molecule has 4 aliphatic carbocycles. The Morgan fingerprint density at radius 3 is 1.38 bits per heavy atom. The average molecular weight is 906 g/mol. The summed E-state index contributed by atoms with van der Waals surface area (Å²) >= 11 is 0. The predicted molar refractivity (Wildman–Crippen MR) is 246 cm³/mol. The van der Waals surface area contributed by atoms with Crippen molar-refractivity contribution in [3.63, 3.8) is 0 Å². The molecule has 8 rings (SSSR count). The van der Waals surface area contributed by atoms with E-state index in [1.807, 2.05) is 30.3 Å². The minimum absolute atomic E-state index is 0.0936. The van der Waals surface area contributed by atoms with Gasteiger partial charge in [-0.3, -0.25) is 14.4 Å². The van der Waals surface area contributed by atoms with Gasteiger partial charge in [0.05, 0.1) is 0 Å². The first-order chi connectivity index (χ1) is 31.5. The molecule has 3 amide bonds. The number of ether oxygens (including phenoxy) is 1. The molecule has 0 radical (unpaired) electrons. The smallest absolute Gasteiger partial charge is 0.407 e. The summed E-state index contributed by atoms with van der Waals surface area (Å²) in [5.74, 6) is -1.40. The zero-order valence-corrected chi connectivity index (χ0v) is 37.4. The van der Waals surface area contributed by atoms with Gasteiger partial charge in [0.2, 0.25) is 11.8 Å². The summed E-state index contributed by atoms with van der Waals surface area (Å²) in [4.78, 5) is 54.6. The number of nitrogens with one attached hydrogen (secondary N) is 3. The molecule has 0 aliphatic heterocycles. The van der Waals surface area contributed by atoms with E-state index in [4.69, 9.17) is 4.74 Å². The van der Waals surface area contributed by atoms with Gasteiger partial charge in [0.1, 0.15) is 12.4 Å². The standard InChI is InChI=1S/C52H63N3O11/c56-39(8-4-7-35-9-12-40(57)43(60)25-35)15-20-49-29-50(21-16-46(63)53-23-18-36-10-13-41(58)44(61)26-36)31-51(30-49,22-17-47(64)54-24-19-37-11-14-42(59)45(62)27-37)34-52(32-49,33-50)55-48(65)66-28-38-5-2-1-3-6-38/h1-3,5-6,9-14,25-27,57-62H,4,7-8,15-24,28-34H2,(H,53,63)(H,54,64)(H,55,65). The highest BCUT2D eigenvalue weighted by Gasteiger charge is 2.68. The summed E-state index contributed by atoms with van der Waals surface area (Å²) in [5.41, 5.74) is 1.36. The summed E-state index contributed by atoms with van der Waals surface area (Å²) in [5, 5.41) is 68.3. The maximum Gasteiger partial charge on any atom is 0.407 e. The van der Waals surface area contributed by atoms with Crippen molar-refractivity contribution in [1.82, 2.24) is 16.0 Å². The van der Waals surface area contributed by atoms with Crippen molar-refractivity contribution in [2.45, 2.75) is 121 Å². The highest BCUT2D eigenvalue weighted by Crippen LogP contribution is 2.74. The van der Waals surface area contributed by atoms with E-state index in [1.54, 1.807) is 18.2 Å². The molecule has 4 fully saturated rings. The zero-order valence-electron chi connectivity index (χ0n) is 37.4. The number of hydrogen-bond donors (Lipinski definition) is 9. The van der Waals surface area contributed by atoms with Crippen LogP contribution in [0.2, 0.25) is 0 Å². The molecule has 0 saturated heterocycles. The molecule has 0 heterocycles. The number of phenols is 6. The number of amides is 3. The van der Waals surface area contributed by atoms with Crippen LogP contribution in [0.3, 0.4) is 0 Å². The molecule has 4 saturated carbocycles. The number of ketones is 1. The van der Waals surface area contributed by atoms with Gasteiger partial charge in [-0.2, -0.15) is 0 Å². The van der Waals surface area contributed by atoms with Gasteiger partial charge in [0.25, 0.3) is 0 Å². The minimum Gasteiger partial charge on any atom is -0.504 e. The van der Waals surface area contributed by atoms with Gasteiger partial charge in [-0.25, -0.2) is 4.79 Å². The fraction of sp³-hybridized carbons (Fsp3) is 0.462. The first kappa shape index (κ1) is 47.5. The molecule has 4 bridgehead atoms. The Morgan fingerprint density at radius 2 is 0.924 bits per heavy atom. The van der Waals surface area contributed by atoms with Crippen LogP contribution in [0, 0.1) is 16.2 Å². The van der Waals surface area contributed by atoms with E-state index in [0.29, 0.717) is 90.1 Å². The highest BCUT2D eigenvalue weighted by atomic mass is 16.5. The topological polar surface area (TPSA) is 235 Å². The first-order valence-corrected chi connectivity index (χ1v) is 23.1. The molecule has 0 aromatic heterocycles. The lowest BCUT2D eigenvalue weighted by Gasteiger charge is -2.71. The predicted octanol–water partition coefficient (Wildman–Crippen LogP) is 7.88. The third kappa shape index (κ3) is 12.3. The number of hydrogen-bond acceptors (Lipinski definition) is 11. The van der Waals surface area contributed by atoms with E-state index in [-0.39, 0.29) is 87.8 Å². The van der Waals surface area contributed by atoms with E-state index in [1.165, 1.54) is 36.4 Å². The van der Waals surface area contributed by atoms with Crippen molar-refractivity contribution >= 4 is 23.7 Å². The number of rotatable bonds is 22. The van der Waals surface area contributed by atoms with Crippen LogP contribution in [0.4, 0.5) is 4.79 Å². The van der Waals surface area contributed by atoms with Gasteiger partial charge in [-0.15, -0.1) is 0 Å². The van der Waals surface area contributed by atoms with Gasteiger partial charge < -0.3 is 51.3 Å². The Hall–Kier alpha value is -6.44. The van der Waals surface area contributed by atoms with Crippen LogP contribution in [0.15, 0.2) is 84.9 Å². The number of Topliss-reactive ketones (excluding diaryl/α,β-unsaturated/α-hetero) is 1. The Morgan fingerprint density at radius 1 is 0.485 bits per heavy atom. The molecule has 4 aromatic carbocycles. The van der Waals surface area contributed by atoms with E-state index in [0.717, 1.165) is 41.5 Å². The van der Waals surface area contributed by atoms with E-state index < -0.39 is 11.6 Å². The third-order valence-electron chi connectivity index (χ3n) is 14.2. The molecular weight excluding hydrogens is 843 g/mol. The molecular formula is C52H63N3O11. The zero-order chi connectivity index (χ0) is 47.0. The second kappa shape index (κ2) is 20.4. The average Bonchev–Trinajstić information content (AvgIpc) is 3.27. The summed E-state index contributed by atoms with van der Waals surface area (Å²) < 4.78 is 5.82. The maximum absolute atomic E-state index is 13.8. The number of carbonyl (C=O) groups excluding carboxylic acids is 4. The lowest BCUT2D eigenvalue weighted by atomic mass is 9.35. The molecule has 2 unspecified atom stereocenters. The molecule has 0 spiro atoms. The maximum atomic E-state index is 13.8. The lowest BCUT2D eigenvalue weighted by Crippen LogP contribution is -2.69. The van der Waals surface area contributed by atoms with Crippen molar-refractivity contribution in [1.29, 1.82) is 0 Å². The van der Waals surface area contributed by atoms with Crippen LogP contribution >= 0.6 is 0 Å². The summed E-state index contributed by atoms with van der Waals surface area (Å²) in [6, 6.07) is 23.3. The van der Waals surface area contributed by atoms with Crippen molar-refractivity contribution in [3.8, 4) is 34.5 Å². The van der Waals surface area contributed by atoms with Crippen LogP contribution in [0.5, 0.6) is 34.5 Å². The summed E-state index contributed by atoms with van der Waals surface area (Å²) in [7, 11) is 0. The van der Waals surface area contributed by atoms with Crippen molar-refractivity contribution in [3.05, 3.63) is 107 Å². The van der Waals surface area contributed by atoms with E-state index in [2.05, 4.69) is 16.0 Å². The molecule has 14 heteroatoms. The fourth-order valence-electron chi connectivity index (χ4n) is 12.0. The second-order valence-corrected chi connectivity index (χ2v) is 19.6. The van der Waals surface area contributed by atoms with E-state index in [9.17, 15) is 49.8 Å². The second-order valence-electron chi connectivity index (χ2n) is 19.6. The van der Waals surface area contributed by atoms with Gasteiger partial charge in [0.15, 0.2) is 34.5 Å². The van der Waals surface area contributed by atoms with Gasteiger partial charge >= 0.3 is 6.09 Å². The van der Waals surface area contributed by atoms with Crippen LogP contribution < -0.4 is 16.0 Å². The van der Waals surface area contributed by atoms with Crippen molar-refractivity contribution in [2.24, 2.45) is 16.2 Å². The fourth-order valence-corrected chi connectivity index (χ4v) is 12.0. The van der Waals surface area contributed by atoms with Gasteiger partial charge in [-0.1, -0.05) is 48.5 Å². The van der Waals surface area contributed by atoms with Gasteiger partial charge in [0, 0.05) is 44.3 Å². The largest absolute Gasteiger partial charge is 0.504 e.